The van der Waals surface area contributed by atoms with Crippen molar-refractivity contribution >= 4 is 52.7 Å². The zero-order valence-electron chi connectivity index (χ0n) is 14.2. The number of carbonyl (C=O) groups is 2. The molecule has 0 saturated carbocycles. The van der Waals surface area contributed by atoms with E-state index in [9.17, 15) is 9.59 Å². The van der Waals surface area contributed by atoms with E-state index in [1.807, 2.05) is 6.07 Å². The SMILES string of the molecule is O=C(/C=C/c1ccccc1Cl)NNC(=O)CCCOc1ccc(Cl)cc1Cl. The van der Waals surface area contributed by atoms with Crippen molar-refractivity contribution in [3.8, 4) is 5.75 Å². The van der Waals surface area contributed by atoms with Crippen molar-refractivity contribution in [2.45, 2.75) is 12.8 Å². The standard InChI is InChI=1S/C19H17Cl3N2O3/c20-14-8-9-17(16(22)12-14)27-11-3-6-18(25)23-24-19(26)10-7-13-4-1-2-5-15(13)21/h1-2,4-5,7-10,12H,3,6,11H2,(H,23,25)(H,24,26)/b10-7+. The minimum atomic E-state index is -0.465. The molecule has 27 heavy (non-hydrogen) atoms. The van der Waals surface area contributed by atoms with Crippen LogP contribution < -0.4 is 15.6 Å². The molecule has 0 aliphatic rings. The van der Waals surface area contributed by atoms with Crippen molar-refractivity contribution < 1.29 is 14.3 Å². The second kappa shape index (κ2) is 10.8. The van der Waals surface area contributed by atoms with Gasteiger partial charge in [0.1, 0.15) is 5.75 Å². The molecule has 2 aromatic rings. The van der Waals surface area contributed by atoms with Crippen molar-refractivity contribution in [2.24, 2.45) is 0 Å². The Morgan fingerprint density at radius 2 is 1.78 bits per heavy atom. The highest BCUT2D eigenvalue weighted by molar-refractivity contribution is 6.35. The average molecular weight is 428 g/mol. The molecule has 5 nitrogen and oxygen atoms in total. The van der Waals surface area contributed by atoms with Crippen molar-refractivity contribution in [1.82, 2.24) is 10.9 Å². The number of hydrogen-bond acceptors (Lipinski definition) is 3. The van der Waals surface area contributed by atoms with E-state index in [-0.39, 0.29) is 12.3 Å². The Balaban J connectivity index is 1.65. The van der Waals surface area contributed by atoms with Gasteiger partial charge in [0, 0.05) is 22.5 Å². The number of rotatable bonds is 7. The third-order valence-corrected chi connectivity index (χ3v) is 4.22. The molecule has 8 heteroatoms. The van der Waals surface area contributed by atoms with E-state index in [4.69, 9.17) is 39.5 Å². The number of halogens is 3. The topological polar surface area (TPSA) is 67.4 Å². The summed E-state index contributed by atoms with van der Waals surface area (Å²) in [6, 6.07) is 12.0. The van der Waals surface area contributed by atoms with Gasteiger partial charge >= 0.3 is 0 Å². The van der Waals surface area contributed by atoms with Crippen LogP contribution >= 0.6 is 34.8 Å². The van der Waals surface area contributed by atoms with Gasteiger partial charge in [-0.25, -0.2) is 0 Å². The minimum Gasteiger partial charge on any atom is -0.492 e. The summed E-state index contributed by atoms with van der Waals surface area (Å²) in [5, 5.41) is 1.46. The third kappa shape index (κ3) is 7.51. The quantitative estimate of drug-likeness (QED) is 0.383. The lowest BCUT2D eigenvalue weighted by molar-refractivity contribution is -0.126. The van der Waals surface area contributed by atoms with Gasteiger partial charge in [-0.15, -0.1) is 0 Å². The molecule has 0 aromatic heterocycles. The van der Waals surface area contributed by atoms with Gasteiger partial charge in [0.15, 0.2) is 0 Å². The highest BCUT2D eigenvalue weighted by atomic mass is 35.5. The van der Waals surface area contributed by atoms with Gasteiger partial charge in [0.2, 0.25) is 5.91 Å². The fourth-order valence-electron chi connectivity index (χ4n) is 2.02. The minimum absolute atomic E-state index is 0.180. The Morgan fingerprint density at radius 3 is 2.52 bits per heavy atom. The maximum absolute atomic E-state index is 11.7. The van der Waals surface area contributed by atoms with E-state index in [2.05, 4.69) is 10.9 Å². The summed E-state index contributed by atoms with van der Waals surface area (Å²) in [5.74, 6) is -0.299. The third-order valence-electron chi connectivity index (χ3n) is 3.34. The fraction of sp³-hybridized carbons (Fsp3) is 0.158. The summed E-state index contributed by atoms with van der Waals surface area (Å²) in [6.07, 6.45) is 3.48. The number of carbonyl (C=O) groups excluding carboxylic acids is 2. The normalized spacial score (nSPS) is 10.6. The lowest BCUT2D eigenvalue weighted by atomic mass is 10.2. The fourth-order valence-corrected chi connectivity index (χ4v) is 2.68. The number of hydrogen-bond donors (Lipinski definition) is 2. The lowest BCUT2D eigenvalue weighted by Crippen LogP contribution is -2.40. The van der Waals surface area contributed by atoms with Crippen molar-refractivity contribution in [2.75, 3.05) is 6.61 Å². The second-order valence-corrected chi connectivity index (χ2v) is 6.67. The summed E-state index contributed by atoms with van der Waals surface area (Å²) < 4.78 is 5.48. The number of ether oxygens (including phenoxy) is 1. The van der Waals surface area contributed by atoms with Crippen LogP contribution in [0.4, 0.5) is 0 Å². The van der Waals surface area contributed by atoms with Crippen LogP contribution in [-0.4, -0.2) is 18.4 Å². The Kier molecular flexibility index (Phi) is 8.45. The molecule has 0 fully saturated rings. The van der Waals surface area contributed by atoms with Gasteiger partial charge in [-0.05, 0) is 42.3 Å². The Labute approximate surface area is 172 Å². The molecule has 0 aliphatic carbocycles. The molecule has 2 rings (SSSR count). The smallest absolute Gasteiger partial charge is 0.262 e. The number of hydrazine groups is 1. The predicted octanol–water partition coefficient (Wildman–Crippen LogP) is 4.67. The molecule has 0 bridgehead atoms. The molecule has 0 unspecified atom stereocenters. The largest absolute Gasteiger partial charge is 0.492 e. The van der Waals surface area contributed by atoms with Crippen LogP contribution in [0.5, 0.6) is 5.75 Å². The predicted molar refractivity (Wildman–Crippen MR) is 108 cm³/mol. The Morgan fingerprint density at radius 1 is 1.00 bits per heavy atom. The summed E-state index contributed by atoms with van der Waals surface area (Å²) in [5.41, 5.74) is 5.34. The van der Waals surface area contributed by atoms with E-state index >= 15 is 0 Å². The van der Waals surface area contributed by atoms with Crippen LogP contribution in [0.2, 0.25) is 15.1 Å². The van der Waals surface area contributed by atoms with Crippen LogP contribution in [0.3, 0.4) is 0 Å². The molecule has 0 saturated heterocycles. The molecule has 0 spiro atoms. The van der Waals surface area contributed by atoms with Crippen molar-refractivity contribution in [3.05, 3.63) is 69.2 Å². The second-order valence-electron chi connectivity index (χ2n) is 5.42. The molecule has 142 valence electrons. The summed E-state index contributed by atoms with van der Waals surface area (Å²) in [7, 11) is 0. The van der Waals surface area contributed by atoms with E-state index in [1.165, 1.54) is 6.08 Å². The summed E-state index contributed by atoms with van der Waals surface area (Å²) in [4.78, 5) is 23.4. The molecular weight excluding hydrogens is 411 g/mol. The van der Waals surface area contributed by atoms with Gasteiger partial charge in [-0.1, -0.05) is 53.0 Å². The highest BCUT2D eigenvalue weighted by Crippen LogP contribution is 2.27. The lowest BCUT2D eigenvalue weighted by Gasteiger charge is -2.08. The van der Waals surface area contributed by atoms with Crippen LogP contribution in [0.1, 0.15) is 18.4 Å². The molecule has 0 radical (unpaired) electrons. The van der Waals surface area contributed by atoms with Gasteiger partial charge in [0.25, 0.3) is 5.91 Å². The van der Waals surface area contributed by atoms with Gasteiger partial charge < -0.3 is 4.74 Å². The molecule has 2 N–H and O–H groups in total. The average Bonchev–Trinajstić information content (AvgIpc) is 2.64. The molecule has 0 aliphatic heterocycles. The first-order chi connectivity index (χ1) is 13.0. The molecule has 2 amide bonds. The highest BCUT2D eigenvalue weighted by Gasteiger charge is 2.05. The zero-order chi connectivity index (χ0) is 19.6. The number of nitrogens with one attached hydrogen (secondary N) is 2. The van der Waals surface area contributed by atoms with Crippen LogP contribution in [0.15, 0.2) is 48.5 Å². The summed E-state index contributed by atoms with van der Waals surface area (Å²) in [6.45, 7) is 0.301. The van der Waals surface area contributed by atoms with E-state index in [1.54, 1.807) is 42.5 Å². The van der Waals surface area contributed by atoms with E-state index < -0.39 is 5.91 Å². The zero-order valence-corrected chi connectivity index (χ0v) is 16.4. The maximum atomic E-state index is 11.7. The molecule has 2 aromatic carbocycles. The van der Waals surface area contributed by atoms with Crippen LogP contribution in [0.25, 0.3) is 6.08 Å². The summed E-state index contributed by atoms with van der Waals surface area (Å²) >= 11 is 17.8. The van der Waals surface area contributed by atoms with Crippen LogP contribution in [-0.2, 0) is 9.59 Å². The van der Waals surface area contributed by atoms with E-state index in [0.717, 1.165) is 0 Å². The van der Waals surface area contributed by atoms with Crippen molar-refractivity contribution in [3.63, 3.8) is 0 Å². The van der Waals surface area contributed by atoms with E-state index in [0.29, 0.717) is 39.4 Å². The van der Waals surface area contributed by atoms with Crippen molar-refractivity contribution in [1.29, 1.82) is 0 Å². The Hall–Kier alpha value is -2.21. The molecule has 0 atom stereocenters. The molecule has 0 heterocycles. The van der Waals surface area contributed by atoms with Gasteiger partial charge in [-0.3, -0.25) is 20.4 Å². The number of benzene rings is 2. The first-order valence-corrected chi connectivity index (χ1v) is 9.18. The first kappa shape index (κ1) is 21.1. The number of amides is 2. The first-order valence-electron chi connectivity index (χ1n) is 8.05. The van der Waals surface area contributed by atoms with Crippen LogP contribution in [0, 0.1) is 0 Å². The van der Waals surface area contributed by atoms with Gasteiger partial charge in [0.05, 0.1) is 11.6 Å². The van der Waals surface area contributed by atoms with Gasteiger partial charge in [-0.2, -0.15) is 0 Å². The molecular formula is C19H17Cl3N2O3. The Bertz CT molecular complexity index is 841. The maximum Gasteiger partial charge on any atom is 0.262 e. The monoisotopic (exact) mass is 426 g/mol.